The van der Waals surface area contributed by atoms with Gasteiger partial charge in [0.1, 0.15) is 11.9 Å². The summed E-state index contributed by atoms with van der Waals surface area (Å²) in [7, 11) is 0. The fraction of sp³-hybridized carbons (Fsp3) is 0.857. The van der Waals surface area contributed by atoms with Crippen LogP contribution >= 0.6 is 0 Å². The molecule has 1 atom stereocenters. The second-order valence-corrected chi connectivity index (χ2v) is 2.87. The number of nitrogens with two attached hydrogens (primary N) is 1. The minimum Gasteiger partial charge on any atom is -0.385 e. The molecule has 0 aromatic rings. The smallest absolute Gasteiger partial charge is 0.120 e. The van der Waals surface area contributed by atoms with E-state index in [1.165, 1.54) is 12.8 Å². The summed E-state index contributed by atoms with van der Waals surface area (Å²) < 4.78 is 5.28. The maximum absolute atomic E-state index is 7.02. The third-order valence-electron chi connectivity index (χ3n) is 1.72. The summed E-state index contributed by atoms with van der Waals surface area (Å²) in [4.78, 5) is 0. The lowest BCUT2D eigenvalue weighted by molar-refractivity contribution is 0.0992. The standard InChI is InChI=1S/C7H14N2O/c1-5(7(8)9)10-4-6-2-3-6/h5-6H,2-4H2,1H3,(H3,8,9). The van der Waals surface area contributed by atoms with Gasteiger partial charge in [0, 0.05) is 0 Å². The molecule has 0 aromatic carbocycles. The normalized spacial score (nSPS) is 20.5. The number of hydrogen-bond donors (Lipinski definition) is 2. The van der Waals surface area contributed by atoms with Crippen LogP contribution in [-0.2, 0) is 4.74 Å². The van der Waals surface area contributed by atoms with E-state index in [0.29, 0.717) is 0 Å². The molecule has 0 heterocycles. The van der Waals surface area contributed by atoms with Gasteiger partial charge in [-0.3, -0.25) is 5.41 Å². The molecular weight excluding hydrogens is 128 g/mol. The van der Waals surface area contributed by atoms with Crippen molar-refractivity contribution in [1.29, 1.82) is 5.41 Å². The maximum atomic E-state index is 7.02. The van der Waals surface area contributed by atoms with Crippen molar-refractivity contribution in [3.05, 3.63) is 0 Å². The van der Waals surface area contributed by atoms with Crippen LogP contribution in [0.3, 0.4) is 0 Å². The highest BCUT2D eigenvalue weighted by atomic mass is 16.5. The number of rotatable bonds is 4. The average molecular weight is 142 g/mol. The van der Waals surface area contributed by atoms with E-state index in [0.717, 1.165) is 12.5 Å². The van der Waals surface area contributed by atoms with Gasteiger partial charge in [-0.1, -0.05) is 0 Å². The SMILES string of the molecule is CC(OCC1CC1)C(=N)N. The summed E-state index contributed by atoms with van der Waals surface area (Å²) in [6.07, 6.45) is 2.37. The van der Waals surface area contributed by atoms with Crippen molar-refractivity contribution >= 4 is 5.84 Å². The first-order chi connectivity index (χ1) is 4.70. The molecule has 3 nitrogen and oxygen atoms in total. The van der Waals surface area contributed by atoms with Crippen LogP contribution in [0.5, 0.6) is 0 Å². The minimum absolute atomic E-state index is 0.126. The number of amidine groups is 1. The third-order valence-corrected chi connectivity index (χ3v) is 1.72. The van der Waals surface area contributed by atoms with E-state index < -0.39 is 0 Å². The fourth-order valence-electron chi connectivity index (χ4n) is 0.655. The van der Waals surface area contributed by atoms with Crippen LogP contribution in [0.2, 0.25) is 0 Å². The maximum Gasteiger partial charge on any atom is 0.120 e. The average Bonchev–Trinajstić information content (AvgIpc) is 2.64. The molecule has 0 spiro atoms. The molecule has 3 N–H and O–H groups in total. The summed E-state index contributed by atoms with van der Waals surface area (Å²) >= 11 is 0. The predicted octanol–water partition coefficient (Wildman–Crippen LogP) is 0.737. The van der Waals surface area contributed by atoms with Crippen LogP contribution in [0.1, 0.15) is 19.8 Å². The van der Waals surface area contributed by atoms with Crippen molar-refractivity contribution in [3.8, 4) is 0 Å². The molecule has 1 saturated carbocycles. The monoisotopic (exact) mass is 142 g/mol. The Labute approximate surface area is 61.1 Å². The molecule has 0 amide bonds. The van der Waals surface area contributed by atoms with Gasteiger partial charge in [0.2, 0.25) is 0 Å². The van der Waals surface area contributed by atoms with E-state index in [2.05, 4.69) is 0 Å². The molecule has 0 radical (unpaired) electrons. The van der Waals surface area contributed by atoms with Crippen LogP contribution in [0.25, 0.3) is 0 Å². The van der Waals surface area contributed by atoms with E-state index >= 15 is 0 Å². The Kier molecular flexibility index (Phi) is 2.27. The molecule has 0 bridgehead atoms. The van der Waals surface area contributed by atoms with Gasteiger partial charge >= 0.3 is 0 Å². The van der Waals surface area contributed by atoms with Crippen molar-refractivity contribution in [2.24, 2.45) is 11.7 Å². The molecule has 1 fully saturated rings. The van der Waals surface area contributed by atoms with Crippen molar-refractivity contribution in [3.63, 3.8) is 0 Å². The van der Waals surface area contributed by atoms with Gasteiger partial charge in [-0.25, -0.2) is 0 Å². The van der Waals surface area contributed by atoms with Gasteiger partial charge in [-0.05, 0) is 25.7 Å². The first-order valence-electron chi connectivity index (χ1n) is 3.65. The Morgan fingerprint density at radius 3 is 2.80 bits per heavy atom. The Morgan fingerprint density at radius 1 is 1.80 bits per heavy atom. The molecule has 1 rings (SSSR count). The highest BCUT2D eigenvalue weighted by Gasteiger charge is 2.22. The molecule has 0 saturated heterocycles. The number of hydrogen-bond acceptors (Lipinski definition) is 2. The van der Waals surface area contributed by atoms with Gasteiger partial charge in [-0.15, -0.1) is 0 Å². The fourth-order valence-corrected chi connectivity index (χ4v) is 0.655. The zero-order chi connectivity index (χ0) is 7.56. The lowest BCUT2D eigenvalue weighted by atomic mass is 10.4. The lowest BCUT2D eigenvalue weighted by Crippen LogP contribution is -2.28. The Bertz CT molecular complexity index is 132. The van der Waals surface area contributed by atoms with E-state index in [-0.39, 0.29) is 11.9 Å². The number of ether oxygens (including phenoxy) is 1. The lowest BCUT2D eigenvalue weighted by Gasteiger charge is -2.09. The van der Waals surface area contributed by atoms with E-state index in [4.69, 9.17) is 15.9 Å². The predicted molar refractivity (Wildman–Crippen MR) is 40.1 cm³/mol. The number of nitrogens with one attached hydrogen (secondary N) is 1. The molecule has 58 valence electrons. The van der Waals surface area contributed by atoms with Gasteiger partial charge in [0.05, 0.1) is 6.61 Å². The molecule has 0 aliphatic heterocycles. The zero-order valence-corrected chi connectivity index (χ0v) is 6.26. The van der Waals surface area contributed by atoms with Crippen LogP contribution in [0.15, 0.2) is 0 Å². The molecule has 1 aliphatic carbocycles. The second kappa shape index (κ2) is 3.01. The topological polar surface area (TPSA) is 59.1 Å². The molecule has 0 aromatic heterocycles. The molecule has 3 heteroatoms. The quantitative estimate of drug-likeness (QED) is 0.449. The first-order valence-corrected chi connectivity index (χ1v) is 3.65. The Hall–Kier alpha value is -0.570. The molecule has 1 unspecified atom stereocenters. The van der Waals surface area contributed by atoms with Crippen molar-refractivity contribution in [1.82, 2.24) is 0 Å². The van der Waals surface area contributed by atoms with Crippen molar-refractivity contribution in [2.75, 3.05) is 6.61 Å². The summed E-state index contributed by atoms with van der Waals surface area (Å²) in [6.45, 7) is 2.59. The zero-order valence-electron chi connectivity index (χ0n) is 6.26. The van der Waals surface area contributed by atoms with Crippen LogP contribution in [0.4, 0.5) is 0 Å². The summed E-state index contributed by atoms with van der Waals surface area (Å²) in [5, 5.41) is 7.02. The van der Waals surface area contributed by atoms with Gasteiger partial charge in [-0.2, -0.15) is 0 Å². The van der Waals surface area contributed by atoms with E-state index in [1.807, 2.05) is 6.92 Å². The highest BCUT2D eigenvalue weighted by Crippen LogP contribution is 2.29. The van der Waals surface area contributed by atoms with Gasteiger partial charge in [0.15, 0.2) is 0 Å². The van der Waals surface area contributed by atoms with Crippen LogP contribution in [0, 0.1) is 11.3 Å². The minimum atomic E-state index is -0.194. The largest absolute Gasteiger partial charge is 0.385 e. The molecule has 10 heavy (non-hydrogen) atoms. The first kappa shape index (κ1) is 7.54. The van der Waals surface area contributed by atoms with Gasteiger partial charge < -0.3 is 10.5 Å². The van der Waals surface area contributed by atoms with Crippen molar-refractivity contribution in [2.45, 2.75) is 25.9 Å². The highest BCUT2D eigenvalue weighted by molar-refractivity contribution is 5.81. The Balaban J connectivity index is 2.05. The summed E-state index contributed by atoms with van der Waals surface area (Å²) in [5.74, 6) is 0.877. The van der Waals surface area contributed by atoms with E-state index in [1.54, 1.807) is 0 Å². The second-order valence-electron chi connectivity index (χ2n) is 2.87. The van der Waals surface area contributed by atoms with Gasteiger partial charge in [0.25, 0.3) is 0 Å². The summed E-state index contributed by atoms with van der Waals surface area (Å²) in [6, 6.07) is 0. The van der Waals surface area contributed by atoms with Crippen molar-refractivity contribution < 1.29 is 4.74 Å². The van der Waals surface area contributed by atoms with Crippen LogP contribution < -0.4 is 5.73 Å². The van der Waals surface area contributed by atoms with Crippen LogP contribution in [-0.4, -0.2) is 18.5 Å². The third kappa shape index (κ3) is 2.35. The summed E-state index contributed by atoms with van der Waals surface area (Å²) in [5.41, 5.74) is 5.20. The van der Waals surface area contributed by atoms with E-state index in [9.17, 15) is 0 Å². The Morgan fingerprint density at radius 2 is 2.40 bits per heavy atom. The molecular formula is C7H14N2O. The molecule has 1 aliphatic rings.